The lowest BCUT2D eigenvalue weighted by Crippen LogP contribution is -2.61. The van der Waals surface area contributed by atoms with E-state index < -0.39 is 36.2 Å². The molecule has 0 bridgehead atoms. The summed E-state index contributed by atoms with van der Waals surface area (Å²) in [4.78, 5) is 41.5. The molecule has 1 aliphatic heterocycles. The minimum absolute atomic E-state index is 0.128. The summed E-state index contributed by atoms with van der Waals surface area (Å²) in [5.41, 5.74) is -0.128. The van der Waals surface area contributed by atoms with Crippen LogP contribution in [0.1, 0.15) is 19.8 Å². The van der Waals surface area contributed by atoms with Gasteiger partial charge in [-0.15, -0.1) is 0 Å². The highest BCUT2D eigenvalue weighted by Gasteiger charge is 2.45. The summed E-state index contributed by atoms with van der Waals surface area (Å²) in [6.07, 6.45) is 1.71. The number of halogens is 4. The van der Waals surface area contributed by atoms with Crippen molar-refractivity contribution < 1.29 is 27.9 Å². The number of alkyl halides is 2. The Kier molecular flexibility index (Phi) is 5.34. The maximum Gasteiger partial charge on any atom is 0.387 e. The normalized spacial score (nSPS) is 20.3. The van der Waals surface area contributed by atoms with Crippen LogP contribution in [0.15, 0.2) is 17.1 Å². The zero-order chi connectivity index (χ0) is 19.9. The van der Waals surface area contributed by atoms with E-state index >= 15 is 0 Å². The molecule has 144 valence electrons. The van der Waals surface area contributed by atoms with Gasteiger partial charge in [0.25, 0.3) is 5.91 Å². The molecule has 1 N–H and O–H groups in total. The number of hydrogen-bond donors (Lipinski definition) is 1. The highest BCUT2D eigenvalue weighted by Crippen LogP contribution is 2.38. The summed E-state index contributed by atoms with van der Waals surface area (Å²) in [6.45, 7) is -1.39. The van der Waals surface area contributed by atoms with Gasteiger partial charge in [-0.3, -0.25) is 24.6 Å². The zero-order valence-corrected chi connectivity index (χ0v) is 15.4. The van der Waals surface area contributed by atoms with Crippen LogP contribution in [0, 0.1) is 5.92 Å². The molecule has 7 nitrogen and oxygen atoms in total. The van der Waals surface area contributed by atoms with Gasteiger partial charge in [0.15, 0.2) is 0 Å². The highest BCUT2D eigenvalue weighted by molar-refractivity contribution is 6.56. The van der Waals surface area contributed by atoms with Crippen molar-refractivity contribution in [1.29, 1.82) is 0 Å². The maximum atomic E-state index is 12.6. The monoisotopic (exact) mass is 419 g/mol. The number of benzene rings is 1. The van der Waals surface area contributed by atoms with Crippen molar-refractivity contribution in [3.8, 4) is 5.75 Å². The Morgan fingerprint density at radius 3 is 2.30 bits per heavy atom. The van der Waals surface area contributed by atoms with Gasteiger partial charge in [0, 0.05) is 18.2 Å². The number of imide groups is 1. The quantitative estimate of drug-likeness (QED) is 0.586. The molecule has 0 unspecified atom stereocenters. The van der Waals surface area contributed by atoms with Crippen molar-refractivity contribution in [2.24, 2.45) is 10.9 Å². The summed E-state index contributed by atoms with van der Waals surface area (Å²) < 4.78 is 28.8. The first-order valence-electron chi connectivity index (χ1n) is 7.90. The lowest BCUT2D eigenvalue weighted by Gasteiger charge is -2.30. The van der Waals surface area contributed by atoms with Crippen LogP contribution in [0.25, 0.3) is 0 Å². The Labute approximate surface area is 162 Å². The van der Waals surface area contributed by atoms with Crippen molar-refractivity contribution >= 4 is 52.4 Å². The molecule has 1 saturated heterocycles. The Morgan fingerprint density at radius 1 is 1.19 bits per heavy atom. The third kappa shape index (κ3) is 4.03. The molecule has 0 spiro atoms. The van der Waals surface area contributed by atoms with E-state index in [4.69, 9.17) is 23.2 Å². The molecule has 1 aromatic rings. The molecule has 3 rings (SSSR count). The van der Waals surface area contributed by atoms with Crippen LogP contribution in [-0.2, 0) is 14.4 Å². The van der Waals surface area contributed by atoms with Gasteiger partial charge < -0.3 is 4.74 Å². The number of carbonyl (C=O) groups excluding carboxylic acids is 3. The van der Waals surface area contributed by atoms with Gasteiger partial charge in [-0.25, -0.2) is 4.99 Å². The third-order valence-electron chi connectivity index (χ3n) is 4.22. The summed E-state index contributed by atoms with van der Waals surface area (Å²) >= 11 is 12.0. The van der Waals surface area contributed by atoms with Crippen LogP contribution in [0.5, 0.6) is 5.75 Å². The van der Waals surface area contributed by atoms with Crippen LogP contribution >= 0.6 is 23.2 Å². The lowest BCUT2D eigenvalue weighted by atomic mass is 10.1. The van der Waals surface area contributed by atoms with Crippen molar-refractivity contribution in [1.82, 2.24) is 10.2 Å². The molecule has 1 atom stereocenters. The van der Waals surface area contributed by atoms with Gasteiger partial charge in [0.2, 0.25) is 5.84 Å². The summed E-state index contributed by atoms with van der Waals surface area (Å²) in [6, 6.07) is 1.64. The summed E-state index contributed by atoms with van der Waals surface area (Å²) in [5, 5.41) is 1.76. The fourth-order valence-electron chi connectivity index (χ4n) is 2.70. The Balaban J connectivity index is 1.95. The van der Waals surface area contributed by atoms with Crippen molar-refractivity contribution in [3.63, 3.8) is 0 Å². The molecule has 0 aromatic heterocycles. The molecule has 1 aliphatic carbocycles. The van der Waals surface area contributed by atoms with Crippen LogP contribution in [0.2, 0.25) is 10.0 Å². The summed E-state index contributed by atoms with van der Waals surface area (Å²) in [5.74, 6) is -3.34. The van der Waals surface area contributed by atoms with Gasteiger partial charge in [0.1, 0.15) is 11.4 Å². The minimum Gasteiger partial charge on any atom is -0.435 e. The van der Waals surface area contributed by atoms with E-state index in [1.165, 1.54) is 0 Å². The largest absolute Gasteiger partial charge is 0.435 e. The first-order chi connectivity index (χ1) is 12.7. The first-order valence-corrected chi connectivity index (χ1v) is 8.66. The van der Waals surface area contributed by atoms with Crippen LogP contribution in [0.3, 0.4) is 0 Å². The fraction of sp³-hybridized carbons (Fsp3) is 0.375. The van der Waals surface area contributed by atoms with Crippen LogP contribution < -0.4 is 10.1 Å². The van der Waals surface area contributed by atoms with Gasteiger partial charge in [0.05, 0.1) is 10.0 Å². The van der Waals surface area contributed by atoms with Crippen molar-refractivity contribution in [2.45, 2.75) is 32.4 Å². The molecule has 1 saturated carbocycles. The molecular weight excluding hydrogens is 407 g/mol. The predicted molar refractivity (Wildman–Crippen MR) is 92.4 cm³/mol. The average Bonchev–Trinajstić information content (AvgIpc) is 3.40. The second-order valence-corrected chi connectivity index (χ2v) is 6.90. The first kappa shape index (κ1) is 19.5. The van der Waals surface area contributed by atoms with Crippen molar-refractivity contribution in [3.05, 3.63) is 22.2 Å². The minimum atomic E-state index is -3.07. The lowest BCUT2D eigenvalue weighted by molar-refractivity contribution is -0.154. The number of nitrogens with one attached hydrogen (secondary N) is 1. The number of nitrogens with zero attached hydrogens (tertiary/aromatic N) is 2. The molecule has 2 aliphatic rings. The van der Waals surface area contributed by atoms with Gasteiger partial charge in [-0.05, 0) is 25.7 Å². The van der Waals surface area contributed by atoms with Crippen molar-refractivity contribution in [2.75, 3.05) is 0 Å². The van der Waals surface area contributed by atoms with E-state index in [0.29, 0.717) is 0 Å². The average molecular weight is 420 g/mol. The van der Waals surface area contributed by atoms with E-state index in [1.807, 2.05) is 0 Å². The number of aliphatic imine (C=N–C) groups is 1. The van der Waals surface area contributed by atoms with Gasteiger partial charge in [-0.1, -0.05) is 23.2 Å². The molecule has 3 amide bonds. The molecule has 2 fully saturated rings. The van der Waals surface area contributed by atoms with E-state index in [1.54, 1.807) is 6.92 Å². The number of rotatable bonds is 5. The number of hydrogen-bond acceptors (Lipinski definition) is 5. The molecule has 27 heavy (non-hydrogen) atoms. The standard InChI is InChI=1S/C16H13Cl2F2N3O4/c1-6(7-2-3-7)23-14(25)12(22-13(24)15(23)26)21-11-9(17)4-8(5-10(11)18)27-16(19)20/h4-7,16H,2-3H2,1H3,(H,21,22,24)/t6-/m0/s1. The summed E-state index contributed by atoms with van der Waals surface area (Å²) in [7, 11) is 0. The number of ether oxygens (including phenoxy) is 1. The predicted octanol–water partition coefficient (Wildman–Crippen LogP) is 2.91. The topological polar surface area (TPSA) is 88.1 Å². The molecule has 1 aromatic carbocycles. The van der Waals surface area contributed by atoms with Crippen LogP contribution in [0.4, 0.5) is 14.5 Å². The fourth-order valence-corrected chi connectivity index (χ4v) is 3.25. The molecule has 0 radical (unpaired) electrons. The van der Waals surface area contributed by atoms with Crippen LogP contribution in [-0.4, -0.2) is 41.1 Å². The van der Waals surface area contributed by atoms with E-state index in [2.05, 4.69) is 15.0 Å². The van der Waals surface area contributed by atoms with E-state index in [9.17, 15) is 23.2 Å². The SMILES string of the molecule is C[C@@H](C1CC1)N1C(=O)C(=O)NC(=Nc2c(Cl)cc(OC(F)F)cc2Cl)C1=O. The number of amidine groups is 1. The van der Waals surface area contributed by atoms with E-state index in [0.717, 1.165) is 29.9 Å². The smallest absolute Gasteiger partial charge is 0.387 e. The Bertz CT molecular complexity index is 835. The number of carbonyl (C=O) groups is 3. The van der Waals surface area contributed by atoms with E-state index in [-0.39, 0.29) is 27.4 Å². The molecular formula is C16H13Cl2F2N3O4. The number of piperazine rings is 1. The van der Waals surface area contributed by atoms with Gasteiger partial charge in [-0.2, -0.15) is 8.78 Å². The highest BCUT2D eigenvalue weighted by atomic mass is 35.5. The third-order valence-corrected chi connectivity index (χ3v) is 4.79. The second kappa shape index (κ2) is 7.40. The second-order valence-electron chi connectivity index (χ2n) is 6.09. The number of amides is 3. The molecule has 1 heterocycles. The molecule has 11 heteroatoms. The zero-order valence-electron chi connectivity index (χ0n) is 13.8. The maximum absolute atomic E-state index is 12.6. The van der Waals surface area contributed by atoms with Gasteiger partial charge >= 0.3 is 18.4 Å². The Morgan fingerprint density at radius 2 is 1.78 bits per heavy atom. The Hall–Kier alpha value is -2.26.